The first-order chi connectivity index (χ1) is 13.8. The van der Waals surface area contributed by atoms with Crippen molar-refractivity contribution in [3.63, 3.8) is 0 Å². The summed E-state index contributed by atoms with van der Waals surface area (Å²) in [5.41, 5.74) is 6.18. The molecule has 0 saturated carbocycles. The second kappa shape index (κ2) is 7.06. The number of aromatic amines is 2. The Labute approximate surface area is 169 Å². The van der Waals surface area contributed by atoms with Crippen LogP contribution in [0.2, 0.25) is 0 Å². The topological polar surface area (TPSA) is 91.1 Å². The van der Waals surface area contributed by atoms with Crippen molar-refractivity contribution >= 4 is 22.8 Å². The second-order valence-electron chi connectivity index (χ2n) is 8.59. The molecule has 2 aromatic heterocycles. The molecule has 0 atom stereocenters. The summed E-state index contributed by atoms with van der Waals surface area (Å²) in [7, 11) is 2.90. The van der Waals surface area contributed by atoms with Gasteiger partial charge >= 0.3 is 5.97 Å². The average Bonchev–Trinajstić information content (AvgIpc) is 3.28. The molecule has 3 aromatic rings. The van der Waals surface area contributed by atoms with Crippen molar-refractivity contribution < 1.29 is 14.3 Å². The number of H-pyrrole nitrogens is 2. The monoisotopic (exact) mass is 394 g/mol. The Morgan fingerprint density at radius 3 is 2.83 bits per heavy atom. The highest BCUT2D eigenvalue weighted by atomic mass is 16.5. The van der Waals surface area contributed by atoms with Crippen LogP contribution in [0.15, 0.2) is 24.3 Å². The molecule has 1 aromatic carbocycles. The molecular formula is C22H26N4O3. The number of fused-ring (bicyclic) bond motifs is 2. The van der Waals surface area contributed by atoms with Crippen molar-refractivity contribution in [3.05, 3.63) is 41.1 Å². The SMILES string of the molecule is COC(=O)CN(C)C(=O)c1ccc2[nH]c(-c3n[nH]c4c3CCC(C)(C)C4)cc2c1. The van der Waals surface area contributed by atoms with E-state index < -0.39 is 5.97 Å². The number of methoxy groups -OCH3 is 1. The van der Waals surface area contributed by atoms with E-state index in [4.69, 9.17) is 0 Å². The lowest BCUT2D eigenvalue weighted by molar-refractivity contribution is -0.141. The van der Waals surface area contributed by atoms with E-state index in [1.807, 2.05) is 18.2 Å². The first-order valence-corrected chi connectivity index (χ1v) is 9.79. The summed E-state index contributed by atoms with van der Waals surface area (Å²) < 4.78 is 4.63. The zero-order chi connectivity index (χ0) is 20.8. The van der Waals surface area contributed by atoms with Crippen LogP contribution in [-0.2, 0) is 22.4 Å². The third kappa shape index (κ3) is 3.64. The van der Waals surface area contributed by atoms with Crippen molar-refractivity contribution in [2.75, 3.05) is 20.7 Å². The summed E-state index contributed by atoms with van der Waals surface area (Å²) >= 11 is 0. The van der Waals surface area contributed by atoms with Gasteiger partial charge in [-0.05, 0) is 48.9 Å². The highest BCUT2D eigenvalue weighted by Gasteiger charge is 2.29. The van der Waals surface area contributed by atoms with Crippen LogP contribution >= 0.6 is 0 Å². The molecule has 0 radical (unpaired) electrons. The number of ether oxygens (including phenoxy) is 1. The molecule has 152 valence electrons. The number of carbonyl (C=O) groups excluding carboxylic acids is 2. The molecule has 2 heterocycles. The number of hydrogen-bond donors (Lipinski definition) is 2. The molecule has 2 N–H and O–H groups in total. The van der Waals surface area contributed by atoms with Crippen molar-refractivity contribution in [1.82, 2.24) is 20.1 Å². The maximum atomic E-state index is 12.6. The molecule has 0 unspecified atom stereocenters. The molecule has 1 amide bonds. The van der Waals surface area contributed by atoms with E-state index >= 15 is 0 Å². The Kier molecular flexibility index (Phi) is 4.68. The number of nitrogens with one attached hydrogen (secondary N) is 2. The van der Waals surface area contributed by atoms with Gasteiger partial charge in [0, 0.05) is 34.8 Å². The summed E-state index contributed by atoms with van der Waals surface area (Å²) in [6.45, 7) is 4.49. The first-order valence-electron chi connectivity index (χ1n) is 9.79. The van der Waals surface area contributed by atoms with Crippen molar-refractivity contribution in [1.29, 1.82) is 0 Å². The van der Waals surface area contributed by atoms with E-state index in [9.17, 15) is 9.59 Å². The number of nitrogens with zero attached hydrogens (tertiary/aromatic N) is 2. The number of aromatic nitrogens is 3. The third-order valence-corrected chi connectivity index (χ3v) is 5.72. The van der Waals surface area contributed by atoms with E-state index in [0.29, 0.717) is 11.0 Å². The maximum Gasteiger partial charge on any atom is 0.325 e. The van der Waals surface area contributed by atoms with E-state index in [-0.39, 0.29) is 12.5 Å². The smallest absolute Gasteiger partial charge is 0.325 e. The van der Waals surface area contributed by atoms with Crippen LogP contribution in [0.5, 0.6) is 0 Å². The summed E-state index contributed by atoms with van der Waals surface area (Å²) in [5.74, 6) is -0.670. The third-order valence-electron chi connectivity index (χ3n) is 5.72. The zero-order valence-corrected chi connectivity index (χ0v) is 17.3. The lowest BCUT2D eigenvalue weighted by atomic mass is 9.76. The Balaban J connectivity index is 1.62. The molecule has 0 fully saturated rings. The Bertz CT molecular complexity index is 1090. The fraction of sp³-hybridized carbons (Fsp3) is 0.409. The summed E-state index contributed by atoms with van der Waals surface area (Å²) in [6.07, 6.45) is 3.14. The molecule has 0 saturated heterocycles. The second-order valence-corrected chi connectivity index (χ2v) is 8.59. The van der Waals surface area contributed by atoms with Crippen LogP contribution in [0, 0.1) is 5.41 Å². The molecule has 7 heteroatoms. The largest absolute Gasteiger partial charge is 0.468 e. The number of hydrogen-bond acceptors (Lipinski definition) is 4. The first kappa shape index (κ1) is 19.2. The zero-order valence-electron chi connectivity index (χ0n) is 17.3. The Morgan fingerprint density at radius 1 is 1.28 bits per heavy atom. The fourth-order valence-electron chi connectivity index (χ4n) is 4.01. The van der Waals surface area contributed by atoms with E-state index in [1.54, 1.807) is 13.1 Å². The number of benzene rings is 1. The summed E-state index contributed by atoms with van der Waals surface area (Å²) in [6, 6.07) is 7.53. The van der Waals surface area contributed by atoms with Gasteiger partial charge in [-0.25, -0.2) is 0 Å². The molecule has 0 aliphatic heterocycles. The van der Waals surface area contributed by atoms with Crippen LogP contribution in [0.4, 0.5) is 0 Å². The van der Waals surface area contributed by atoms with Gasteiger partial charge in [-0.15, -0.1) is 0 Å². The molecule has 1 aliphatic rings. The molecule has 0 spiro atoms. The van der Waals surface area contributed by atoms with E-state index in [0.717, 1.165) is 41.6 Å². The minimum absolute atomic E-state index is 0.0818. The number of amides is 1. The minimum Gasteiger partial charge on any atom is -0.468 e. The van der Waals surface area contributed by atoms with Crippen molar-refractivity contribution in [3.8, 4) is 11.4 Å². The summed E-state index contributed by atoms with van der Waals surface area (Å²) in [4.78, 5) is 28.8. The predicted octanol–water partition coefficient (Wildman–Crippen LogP) is 3.32. The van der Waals surface area contributed by atoms with Crippen LogP contribution in [0.3, 0.4) is 0 Å². The van der Waals surface area contributed by atoms with Gasteiger partial charge in [0.25, 0.3) is 5.91 Å². The molecule has 4 rings (SSSR count). The van der Waals surface area contributed by atoms with Crippen molar-refractivity contribution in [2.24, 2.45) is 5.41 Å². The minimum atomic E-state index is -0.447. The highest BCUT2D eigenvalue weighted by Crippen LogP contribution is 2.38. The summed E-state index contributed by atoms with van der Waals surface area (Å²) in [5, 5.41) is 8.73. The maximum absolute atomic E-state index is 12.6. The quantitative estimate of drug-likeness (QED) is 0.664. The van der Waals surface area contributed by atoms with Crippen LogP contribution in [0.1, 0.15) is 41.9 Å². The number of likely N-dealkylation sites (N-methyl/N-ethyl adjacent to an activating group) is 1. The van der Waals surface area contributed by atoms with Gasteiger partial charge in [0.15, 0.2) is 0 Å². The lowest BCUT2D eigenvalue weighted by Crippen LogP contribution is -2.32. The number of carbonyl (C=O) groups is 2. The van der Waals surface area contributed by atoms with Gasteiger partial charge in [-0.2, -0.15) is 5.10 Å². The van der Waals surface area contributed by atoms with Crippen LogP contribution in [-0.4, -0.2) is 52.7 Å². The fourth-order valence-corrected chi connectivity index (χ4v) is 4.01. The average molecular weight is 394 g/mol. The molecule has 0 bridgehead atoms. The standard InChI is InChI=1S/C22H26N4O3/c1-22(2)8-7-15-18(11-22)24-25-20(15)17-10-14-9-13(5-6-16(14)23-17)21(28)26(3)12-19(27)29-4/h5-6,9-10,23H,7-8,11-12H2,1-4H3,(H,24,25). The number of rotatable bonds is 4. The van der Waals surface area contributed by atoms with Gasteiger partial charge in [-0.3, -0.25) is 14.7 Å². The van der Waals surface area contributed by atoms with E-state index in [1.165, 1.54) is 23.3 Å². The molecule has 7 nitrogen and oxygen atoms in total. The Morgan fingerprint density at radius 2 is 2.07 bits per heavy atom. The lowest BCUT2D eigenvalue weighted by Gasteiger charge is -2.28. The van der Waals surface area contributed by atoms with Gasteiger partial charge < -0.3 is 14.6 Å². The van der Waals surface area contributed by atoms with Gasteiger partial charge in [0.1, 0.15) is 12.2 Å². The van der Waals surface area contributed by atoms with Crippen LogP contribution < -0.4 is 0 Å². The van der Waals surface area contributed by atoms with Gasteiger partial charge in [0.05, 0.1) is 12.8 Å². The van der Waals surface area contributed by atoms with Gasteiger partial charge in [0.2, 0.25) is 0 Å². The predicted molar refractivity (Wildman–Crippen MR) is 111 cm³/mol. The molecule has 1 aliphatic carbocycles. The van der Waals surface area contributed by atoms with E-state index in [2.05, 4.69) is 33.8 Å². The molecular weight excluding hydrogens is 368 g/mol. The molecule has 29 heavy (non-hydrogen) atoms. The van der Waals surface area contributed by atoms with Crippen molar-refractivity contribution in [2.45, 2.75) is 33.1 Å². The van der Waals surface area contributed by atoms with Gasteiger partial charge in [-0.1, -0.05) is 13.8 Å². The normalized spacial score (nSPS) is 15.2. The highest BCUT2D eigenvalue weighted by molar-refractivity contribution is 6.00. The Hall–Kier alpha value is -3.09. The van der Waals surface area contributed by atoms with Crippen LogP contribution in [0.25, 0.3) is 22.3 Å². The number of esters is 1.